The molecule has 6 rings (SSSR count). The van der Waals surface area contributed by atoms with Crippen molar-refractivity contribution in [3.8, 4) is 11.1 Å². The molecular weight excluding hydrogens is 657 g/mol. The first-order valence-corrected chi connectivity index (χ1v) is 29.8. The summed E-state index contributed by atoms with van der Waals surface area (Å²) in [7, 11) is 0. The van der Waals surface area contributed by atoms with Gasteiger partial charge in [-0.25, -0.2) is 0 Å². The second kappa shape index (κ2) is 8.67. The molecule has 0 aliphatic carbocycles. The molecule has 0 bridgehead atoms. The molecular formula is C32H29ClSn2. The van der Waals surface area contributed by atoms with Crippen molar-refractivity contribution < 1.29 is 0 Å². The fourth-order valence-corrected chi connectivity index (χ4v) is 23.6. The predicted molar refractivity (Wildman–Crippen MR) is 161 cm³/mol. The van der Waals surface area contributed by atoms with E-state index in [2.05, 4.69) is 123 Å². The molecule has 0 unspecified atom stereocenters. The van der Waals surface area contributed by atoms with E-state index in [1.54, 1.807) is 10.7 Å². The first-order chi connectivity index (χ1) is 16.7. The van der Waals surface area contributed by atoms with Gasteiger partial charge in [-0.1, -0.05) is 0 Å². The third-order valence-electron chi connectivity index (χ3n) is 7.99. The van der Waals surface area contributed by atoms with Crippen LogP contribution in [0.4, 0.5) is 0 Å². The summed E-state index contributed by atoms with van der Waals surface area (Å²) < 4.78 is 6.26. The van der Waals surface area contributed by atoms with Gasteiger partial charge >= 0.3 is 224 Å². The zero-order valence-electron chi connectivity index (χ0n) is 20.7. The molecule has 3 heteroatoms. The Morgan fingerprint density at radius 1 is 0.457 bits per heavy atom. The zero-order chi connectivity index (χ0) is 24.4. The number of hydrogen-bond donors (Lipinski definition) is 0. The van der Waals surface area contributed by atoms with Gasteiger partial charge in [-0.05, 0) is 0 Å². The van der Waals surface area contributed by atoms with Crippen LogP contribution in [0.5, 0.6) is 0 Å². The summed E-state index contributed by atoms with van der Waals surface area (Å²) in [5.41, 5.74) is 8.05. The Kier molecular flexibility index (Phi) is 5.86. The normalized spacial score (nSPS) is 16.4. The Morgan fingerprint density at radius 3 is 1.46 bits per heavy atom. The molecule has 0 fully saturated rings. The number of hydrogen-bond acceptors (Lipinski definition) is 0. The summed E-state index contributed by atoms with van der Waals surface area (Å²) in [6.07, 6.45) is 9.23. The van der Waals surface area contributed by atoms with Gasteiger partial charge in [-0.2, -0.15) is 0 Å². The molecule has 35 heavy (non-hydrogen) atoms. The minimum absolute atomic E-state index is 0.815. The maximum absolute atomic E-state index is 6.35. The minimum atomic E-state index is -2.73. The van der Waals surface area contributed by atoms with Crippen LogP contribution < -0.4 is 14.3 Å². The van der Waals surface area contributed by atoms with Crippen molar-refractivity contribution in [3.63, 3.8) is 0 Å². The van der Waals surface area contributed by atoms with Crippen LogP contribution in [0.15, 0.2) is 78.9 Å². The maximum atomic E-state index is 6.35. The molecule has 0 atom stereocenters. The summed E-state index contributed by atoms with van der Waals surface area (Å²) in [6.45, 7) is 0. The van der Waals surface area contributed by atoms with Gasteiger partial charge in [0.2, 0.25) is 0 Å². The van der Waals surface area contributed by atoms with E-state index in [0.29, 0.717) is 0 Å². The Labute approximate surface area is 222 Å². The van der Waals surface area contributed by atoms with Crippen LogP contribution in [0.2, 0.25) is 24.8 Å². The number of halogens is 1. The predicted octanol–water partition coefficient (Wildman–Crippen LogP) is 6.62. The molecule has 0 nitrogen and oxygen atoms in total. The third kappa shape index (κ3) is 3.97. The molecule has 2 aliphatic rings. The van der Waals surface area contributed by atoms with Gasteiger partial charge in [0.1, 0.15) is 0 Å². The van der Waals surface area contributed by atoms with Crippen LogP contribution >= 0.6 is 11.6 Å². The topological polar surface area (TPSA) is 0 Å². The number of fused-ring (bicyclic) bond motifs is 4. The van der Waals surface area contributed by atoms with Crippen molar-refractivity contribution in [2.45, 2.75) is 19.8 Å². The van der Waals surface area contributed by atoms with Crippen LogP contribution in [0, 0.1) is 0 Å². The van der Waals surface area contributed by atoms with Crippen LogP contribution in [0.1, 0.15) is 22.3 Å². The third-order valence-corrected chi connectivity index (χ3v) is 28.8. The quantitative estimate of drug-likeness (QED) is 0.198. The molecule has 4 aromatic carbocycles. The first-order valence-electron chi connectivity index (χ1n) is 12.3. The fraction of sp³-hybridized carbons (Fsp3) is 0.125. The van der Waals surface area contributed by atoms with E-state index < -0.39 is 36.8 Å². The molecule has 0 saturated heterocycles. The SMILES string of the molecule is [CH3][Sn]1([CH3])[c]2ccccc2C=Cc2cc(-c3cc[c]4c(c3)C=Cc3cc(Cl)cc[c]3[Sn]4([CH3])[CH3])cc[c]21. The Morgan fingerprint density at radius 2 is 0.886 bits per heavy atom. The molecule has 172 valence electrons. The molecule has 0 aromatic heterocycles. The molecule has 0 saturated carbocycles. The Bertz CT molecular complexity index is 1560. The summed E-state index contributed by atoms with van der Waals surface area (Å²) in [6, 6.07) is 29.8. The van der Waals surface area contributed by atoms with Crippen molar-refractivity contribution in [1.29, 1.82) is 0 Å². The second-order valence-corrected chi connectivity index (χ2v) is 36.0. The van der Waals surface area contributed by atoms with Gasteiger partial charge in [0.15, 0.2) is 0 Å². The van der Waals surface area contributed by atoms with Gasteiger partial charge in [0, 0.05) is 0 Å². The van der Waals surface area contributed by atoms with E-state index in [0.717, 1.165) is 5.02 Å². The molecule has 0 N–H and O–H groups in total. The zero-order valence-corrected chi connectivity index (χ0v) is 27.2. The number of rotatable bonds is 1. The second-order valence-electron chi connectivity index (χ2n) is 10.8. The Hall–Kier alpha value is -1.75. The first kappa shape index (κ1) is 23.6. The average Bonchev–Trinajstić information content (AvgIpc) is 3.03. The van der Waals surface area contributed by atoms with Crippen molar-refractivity contribution >= 4 is 87.0 Å². The summed E-state index contributed by atoms with van der Waals surface area (Å²) in [5, 5.41) is 0.815. The molecule has 4 aromatic rings. The van der Waals surface area contributed by atoms with E-state index in [4.69, 9.17) is 11.6 Å². The average molecular weight is 686 g/mol. The van der Waals surface area contributed by atoms with Gasteiger partial charge in [-0.3, -0.25) is 0 Å². The molecule has 0 amide bonds. The molecule has 2 aliphatic heterocycles. The number of benzene rings is 4. The van der Waals surface area contributed by atoms with Gasteiger partial charge < -0.3 is 0 Å². The summed E-state index contributed by atoms with van der Waals surface area (Å²) >= 11 is 0.962. The summed E-state index contributed by atoms with van der Waals surface area (Å²) in [5.74, 6) is 0. The monoisotopic (exact) mass is 688 g/mol. The van der Waals surface area contributed by atoms with E-state index in [9.17, 15) is 0 Å². The fourth-order valence-electron chi connectivity index (χ4n) is 6.00. The molecule has 2 heterocycles. The standard InChI is InChI=1S/C28H17Cl.4CH3.2Sn/c29-28-14-6-11-25(21-28)18-17-24-10-5-13-27(20-24)26-12-4-9-23(19-26)16-15-22-7-2-1-3-8-22;;;;;;/h1-7,12-21H;4*1H3;;. The van der Waals surface area contributed by atoms with E-state index >= 15 is 0 Å². The van der Waals surface area contributed by atoms with Crippen molar-refractivity contribution in [3.05, 3.63) is 106 Å². The van der Waals surface area contributed by atoms with Crippen molar-refractivity contribution in [2.24, 2.45) is 0 Å². The summed E-state index contributed by atoms with van der Waals surface area (Å²) in [4.78, 5) is 10.1. The molecule has 0 radical (unpaired) electrons. The van der Waals surface area contributed by atoms with Crippen LogP contribution in [-0.2, 0) is 0 Å². The van der Waals surface area contributed by atoms with Crippen LogP contribution in [0.3, 0.4) is 0 Å². The van der Waals surface area contributed by atoms with E-state index in [1.165, 1.54) is 37.0 Å². The van der Waals surface area contributed by atoms with Crippen molar-refractivity contribution in [2.75, 3.05) is 0 Å². The van der Waals surface area contributed by atoms with Crippen LogP contribution in [0.25, 0.3) is 35.4 Å². The van der Waals surface area contributed by atoms with E-state index in [-0.39, 0.29) is 0 Å². The van der Waals surface area contributed by atoms with Gasteiger partial charge in [-0.15, -0.1) is 0 Å². The Balaban J connectivity index is 1.46. The van der Waals surface area contributed by atoms with Gasteiger partial charge in [0.05, 0.1) is 0 Å². The van der Waals surface area contributed by atoms with Crippen molar-refractivity contribution in [1.82, 2.24) is 0 Å². The van der Waals surface area contributed by atoms with E-state index in [1.807, 2.05) is 0 Å². The molecule has 0 spiro atoms. The van der Waals surface area contributed by atoms with Gasteiger partial charge in [0.25, 0.3) is 0 Å². The van der Waals surface area contributed by atoms with Crippen LogP contribution in [-0.4, -0.2) is 36.8 Å².